The first kappa shape index (κ1) is 15.7. The Balaban J connectivity index is 1.43. The first-order valence-corrected chi connectivity index (χ1v) is 7.91. The van der Waals surface area contributed by atoms with E-state index in [1.165, 1.54) is 11.1 Å². The fourth-order valence-corrected chi connectivity index (χ4v) is 3.04. The summed E-state index contributed by atoms with van der Waals surface area (Å²) in [6, 6.07) is 8.39. The maximum absolute atomic E-state index is 12.1. The van der Waals surface area contributed by atoms with Crippen molar-refractivity contribution in [2.24, 2.45) is 0 Å². The quantitative estimate of drug-likeness (QED) is 0.845. The lowest BCUT2D eigenvalue weighted by molar-refractivity contribution is -0.121. The zero-order chi connectivity index (χ0) is 16.1. The van der Waals surface area contributed by atoms with Crippen molar-refractivity contribution in [1.82, 2.24) is 15.5 Å². The third-order valence-electron chi connectivity index (χ3n) is 4.13. The number of fused-ring (bicyclic) bond motifs is 1. The molecule has 1 heterocycles. The Hall–Kier alpha value is -2.21. The van der Waals surface area contributed by atoms with Crippen molar-refractivity contribution < 1.29 is 14.1 Å². The number of benzene rings is 1. The lowest BCUT2D eigenvalue weighted by atomic mass is 9.97. The van der Waals surface area contributed by atoms with Crippen LogP contribution >= 0.6 is 0 Å². The number of aryl methyl sites for hydroxylation is 1. The van der Waals surface area contributed by atoms with Gasteiger partial charge in [0.1, 0.15) is 6.61 Å². The van der Waals surface area contributed by atoms with Gasteiger partial charge in [-0.1, -0.05) is 29.4 Å². The zero-order valence-electron chi connectivity index (χ0n) is 13.2. The predicted octanol–water partition coefficient (Wildman–Crippen LogP) is 1.99. The number of ether oxygens (including phenoxy) is 1. The number of nitrogens with zero attached hydrogens (tertiary/aromatic N) is 2. The van der Waals surface area contributed by atoms with Crippen LogP contribution in [0.2, 0.25) is 0 Å². The van der Waals surface area contributed by atoms with Crippen molar-refractivity contribution in [1.29, 1.82) is 0 Å². The van der Waals surface area contributed by atoms with Crippen molar-refractivity contribution in [2.45, 2.75) is 38.2 Å². The molecule has 1 aliphatic rings. The molecule has 1 aromatic heterocycles. The number of aromatic nitrogens is 2. The van der Waals surface area contributed by atoms with E-state index in [4.69, 9.17) is 9.26 Å². The molecule has 1 N–H and O–H groups in total. The van der Waals surface area contributed by atoms with Crippen LogP contribution in [-0.2, 0) is 29.0 Å². The van der Waals surface area contributed by atoms with E-state index in [9.17, 15) is 4.79 Å². The summed E-state index contributed by atoms with van der Waals surface area (Å²) in [7, 11) is 1.58. The summed E-state index contributed by atoms with van der Waals surface area (Å²) < 4.78 is 10.0. The maximum atomic E-state index is 12.1. The minimum Gasteiger partial charge on any atom is -0.377 e. The Morgan fingerprint density at radius 1 is 1.43 bits per heavy atom. The van der Waals surface area contributed by atoms with Crippen molar-refractivity contribution in [3.8, 4) is 0 Å². The molecule has 0 bridgehead atoms. The molecule has 6 heteroatoms. The van der Waals surface area contributed by atoms with Crippen molar-refractivity contribution >= 4 is 5.91 Å². The molecule has 0 spiro atoms. The molecule has 2 aromatic rings. The molecule has 3 rings (SSSR count). The van der Waals surface area contributed by atoms with Crippen LogP contribution in [0.1, 0.15) is 41.6 Å². The molecule has 0 fully saturated rings. The average Bonchev–Trinajstić information content (AvgIpc) is 3.16. The molecule has 1 aromatic carbocycles. The minimum atomic E-state index is 0.0725. The normalized spacial score (nSPS) is 16.3. The van der Waals surface area contributed by atoms with Crippen molar-refractivity contribution in [3.63, 3.8) is 0 Å². The predicted molar refractivity (Wildman–Crippen MR) is 83.8 cm³/mol. The molecule has 0 radical (unpaired) electrons. The van der Waals surface area contributed by atoms with E-state index in [1.807, 2.05) is 6.07 Å². The SMILES string of the molecule is COCc1noc(CCNC(=O)C[C@@H]2CCc3ccccc32)n1. The summed E-state index contributed by atoms with van der Waals surface area (Å²) in [5.41, 5.74) is 2.70. The summed E-state index contributed by atoms with van der Waals surface area (Å²) in [5, 5.41) is 6.72. The highest BCUT2D eigenvalue weighted by molar-refractivity contribution is 5.77. The second-order valence-electron chi connectivity index (χ2n) is 5.78. The van der Waals surface area contributed by atoms with Crippen LogP contribution in [0.5, 0.6) is 0 Å². The molecule has 0 saturated heterocycles. The van der Waals surface area contributed by atoms with Crippen LogP contribution in [0.25, 0.3) is 0 Å². The van der Waals surface area contributed by atoms with Gasteiger partial charge in [0.05, 0.1) is 0 Å². The highest BCUT2D eigenvalue weighted by Crippen LogP contribution is 2.34. The van der Waals surface area contributed by atoms with E-state index < -0.39 is 0 Å². The van der Waals surface area contributed by atoms with Gasteiger partial charge in [0.25, 0.3) is 0 Å². The Morgan fingerprint density at radius 2 is 2.30 bits per heavy atom. The fourth-order valence-electron chi connectivity index (χ4n) is 3.04. The fraction of sp³-hybridized carbons (Fsp3) is 0.471. The summed E-state index contributed by atoms with van der Waals surface area (Å²) >= 11 is 0. The van der Waals surface area contributed by atoms with Crippen LogP contribution in [0, 0.1) is 0 Å². The van der Waals surface area contributed by atoms with E-state index >= 15 is 0 Å². The largest absolute Gasteiger partial charge is 0.377 e. The van der Waals surface area contributed by atoms with Crippen molar-refractivity contribution in [3.05, 3.63) is 47.1 Å². The third kappa shape index (κ3) is 3.96. The molecular weight excluding hydrogens is 294 g/mol. The topological polar surface area (TPSA) is 77.3 Å². The van der Waals surface area contributed by atoms with E-state index in [-0.39, 0.29) is 5.91 Å². The van der Waals surface area contributed by atoms with Gasteiger partial charge in [0.2, 0.25) is 11.8 Å². The Bertz CT molecular complexity index is 669. The molecule has 6 nitrogen and oxygen atoms in total. The number of hydrogen-bond acceptors (Lipinski definition) is 5. The second kappa shape index (κ2) is 7.37. The van der Waals surface area contributed by atoms with Gasteiger partial charge < -0.3 is 14.6 Å². The van der Waals surface area contributed by atoms with Gasteiger partial charge in [-0.25, -0.2) is 0 Å². The van der Waals surface area contributed by atoms with E-state index in [0.717, 1.165) is 12.8 Å². The molecule has 1 atom stereocenters. The van der Waals surface area contributed by atoms with Gasteiger partial charge in [-0.3, -0.25) is 4.79 Å². The number of methoxy groups -OCH3 is 1. The number of amides is 1. The highest BCUT2D eigenvalue weighted by Gasteiger charge is 2.24. The number of rotatable bonds is 7. The van der Waals surface area contributed by atoms with Gasteiger partial charge in [-0.05, 0) is 29.9 Å². The highest BCUT2D eigenvalue weighted by atomic mass is 16.5. The average molecular weight is 315 g/mol. The maximum Gasteiger partial charge on any atom is 0.228 e. The van der Waals surface area contributed by atoms with Crippen LogP contribution < -0.4 is 5.32 Å². The molecule has 23 heavy (non-hydrogen) atoms. The molecule has 0 saturated carbocycles. The second-order valence-corrected chi connectivity index (χ2v) is 5.78. The molecule has 122 valence electrons. The van der Waals surface area contributed by atoms with Gasteiger partial charge >= 0.3 is 0 Å². The van der Waals surface area contributed by atoms with Gasteiger partial charge in [0.15, 0.2) is 5.82 Å². The Labute approximate surface area is 135 Å². The van der Waals surface area contributed by atoms with Crippen LogP contribution in [-0.4, -0.2) is 29.7 Å². The molecule has 0 aliphatic heterocycles. The van der Waals surface area contributed by atoms with Gasteiger partial charge in [-0.15, -0.1) is 0 Å². The lowest BCUT2D eigenvalue weighted by Crippen LogP contribution is -2.26. The monoisotopic (exact) mass is 315 g/mol. The first-order chi connectivity index (χ1) is 11.3. The standard InChI is InChI=1S/C17H21N3O3/c1-22-11-15-19-17(23-20-15)8-9-18-16(21)10-13-7-6-12-4-2-3-5-14(12)13/h2-5,13H,6-11H2,1H3,(H,18,21)/t13-/m0/s1. The molecular formula is C17H21N3O3. The Kier molecular flexibility index (Phi) is 5.02. The lowest BCUT2D eigenvalue weighted by Gasteiger charge is -2.11. The number of hydrogen-bond donors (Lipinski definition) is 1. The first-order valence-electron chi connectivity index (χ1n) is 7.91. The van der Waals surface area contributed by atoms with Gasteiger partial charge in [-0.2, -0.15) is 4.98 Å². The summed E-state index contributed by atoms with van der Waals surface area (Å²) in [4.78, 5) is 16.3. The summed E-state index contributed by atoms with van der Waals surface area (Å²) in [6.45, 7) is 0.832. The van der Waals surface area contributed by atoms with E-state index in [1.54, 1.807) is 7.11 Å². The molecule has 0 unspecified atom stereocenters. The summed E-state index contributed by atoms with van der Waals surface area (Å²) in [6.07, 6.45) is 3.19. The third-order valence-corrected chi connectivity index (χ3v) is 4.13. The van der Waals surface area contributed by atoms with E-state index in [0.29, 0.717) is 43.6 Å². The van der Waals surface area contributed by atoms with Crippen LogP contribution in [0.3, 0.4) is 0 Å². The number of nitrogens with one attached hydrogen (secondary N) is 1. The Morgan fingerprint density at radius 3 is 3.17 bits per heavy atom. The minimum absolute atomic E-state index is 0.0725. The smallest absolute Gasteiger partial charge is 0.228 e. The zero-order valence-corrected chi connectivity index (χ0v) is 13.2. The van der Waals surface area contributed by atoms with Crippen LogP contribution in [0.15, 0.2) is 28.8 Å². The van der Waals surface area contributed by atoms with E-state index in [2.05, 4.69) is 33.7 Å². The summed E-state index contributed by atoms with van der Waals surface area (Å²) in [5.74, 6) is 1.45. The number of carbonyl (C=O) groups is 1. The molecule has 1 amide bonds. The molecule has 1 aliphatic carbocycles. The van der Waals surface area contributed by atoms with Crippen LogP contribution in [0.4, 0.5) is 0 Å². The number of carbonyl (C=O) groups excluding carboxylic acids is 1. The van der Waals surface area contributed by atoms with Crippen molar-refractivity contribution in [2.75, 3.05) is 13.7 Å². The van der Waals surface area contributed by atoms with Gasteiger partial charge in [0, 0.05) is 26.5 Å².